The molecule has 8 aromatic heterocycles. The van der Waals surface area contributed by atoms with Gasteiger partial charge in [0.1, 0.15) is 135 Å². The van der Waals surface area contributed by atoms with Crippen molar-refractivity contribution in [3.8, 4) is 92.9 Å². The summed E-state index contributed by atoms with van der Waals surface area (Å²) in [6, 6.07) is 48.7. The first kappa shape index (κ1) is 113. The zero-order valence-electron chi connectivity index (χ0n) is 83.6. The third kappa shape index (κ3) is 42.8. The fourth-order valence-corrected chi connectivity index (χ4v) is 10.6. The maximum Gasteiger partial charge on any atom is 0.412 e. The minimum Gasteiger partial charge on any atom is -0.464 e. The number of aromatic nitrogens is 16. The fraction of sp³-hybridized carbons (Fsp3) is 0.235. The topological polar surface area (TPSA) is 669 Å². The van der Waals surface area contributed by atoms with Gasteiger partial charge in [-0.3, -0.25) is 41.0 Å². The molecule has 0 radical (unpaired) electrons. The van der Waals surface area contributed by atoms with E-state index in [-0.39, 0.29) is 52.2 Å². The number of nitrogens with two attached hydrogens (primary N) is 2. The minimum absolute atomic E-state index is 0.0307. The van der Waals surface area contributed by atoms with Gasteiger partial charge >= 0.3 is 36.4 Å². The molecule has 6 aromatic carbocycles. The van der Waals surface area contributed by atoms with Crippen molar-refractivity contribution in [2.24, 2.45) is 15.9 Å². The molecule has 0 saturated heterocycles. The van der Waals surface area contributed by atoms with Gasteiger partial charge in [0.25, 0.3) is 29.5 Å². The molecule has 0 saturated carbocycles. The van der Waals surface area contributed by atoms with E-state index < -0.39 is 82.2 Å². The molecule has 14 aromatic rings. The number of hydrogen-bond acceptors (Lipinski definition) is 42. The monoisotopic (exact) mass is 2040 g/mol. The van der Waals surface area contributed by atoms with Gasteiger partial charge in [-0.1, -0.05) is 15.5 Å². The number of benzene rings is 6. The molecule has 0 bridgehead atoms. The zero-order chi connectivity index (χ0) is 108. The lowest BCUT2D eigenvalue weighted by Gasteiger charge is -2.19. The molecule has 0 aliphatic rings. The average molecular weight is 2050 g/mol. The summed E-state index contributed by atoms with van der Waals surface area (Å²) in [7, 11) is 4.78. The van der Waals surface area contributed by atoms with E-state index in [1.54, 1.807) is 281 Å². The number of amides is 8. The first-order valence-corrected chi connectivity index (χ1v) is 44.1. The van der Waals surface area contributed by atoms with Gasteiger partial charge in [-0.2, -0.15) is 15.0 Å². The van der Waals surface area contributed by atoms with E-state index in [9.17, 15) is 43.2 Å². The lowest BCUT2D eigenvalue weighted by atomic mass is 10.2. The minimum atomic E-state index is -0.667. The van der Waals surface area contributed by atoms with E-state index in [1.165, 1.54) is 88.3 Å². The number of nitrogen functional groups attached to an aromatic ring is 1. The summed E-state index contributed by atoms with van der Waals surface area (Å²) in [6.07, 6.45) is 9.59. The molecule has 11 N–H and O–H groups in total. The third-order valence-electron chi connectivity index (χ3n) is 16.5. The van der Waals surface area contributed by atoms with Crippen LogP contribution in [-0.4, -0.2) is 206 Å². The van der Waals surface area contributed by atoms with Gasteiger partial charge in [0.05, 0.1) is 13.4 Å². The van der Waals surface area contributed by atoms with E-state index in [1.807, 2.05) is 0 Å². The summed E-state index contributed by atoms with van der Waals surface area (Å²) >= 11 is 0. The van der Waals surface area contributed by atoms with Gasteiger partial charge in [0, 0.05) is 84.6 Å². The standard InChI is InChI=1S/C19H23N5O4.C17H19N5O5.C17H17N5O4.C17H19N3O5.C16H18N4O4.C12H9N5O2/c1-19(2,3)28-18(26)23-13-6-8-14(9-7-13)27-16-10-15(20-11-21-16)17(25)22-12-24(4)5;1-17(2,3)27-16(24)22-11-4-6-12(7-5-11)26-14-8-13(18-9-19-14)15(23)20-10-21-25;1-17(2,3)25-16(23)22-11-4-6-12(7-5-11)24-14-8-13(18-9-19-14)15-20-10-21-26-15;1-17(2,3)25-16(22)20-11-5-7-12(8-6-11)24-14-9-13(15(21)23-4)18-10-19-14;1-16(2,3)24-15(22)20-10-4-6-11(7-5-10)23-13-8-12(14(17)21)18-9-19-13;13-8-1-3-9(4-2-8)18-11-5-10(14-6-15-11)12-16-7-17-19-12/h6-12H,1-5H3,(H,23,26);4-10,25H,1-3H3,(H,22,24)(H,20,21,23);4-10H,1-3H3,(H,22,23);5-10H,1-4H3,(H,20,22);4-9H,1-3H3,(H2,17,21)(H,20,22);1-7H,13H2. The van der Waals surface area contributed by atoms with Crippen LogP contribution in [0.15, 0.2) is 252 Å². The van der Waals surface area contributed by atoms with Crippen LogP contribution in [0.25, 0.3) is 23.2 Å². The van der Waals surface area contributed by atoms with Crippen molar-refractivity contribution >= 4 is 101 Å². The number of methoxy groups -OCH3 is 1. The largest absolute Gasteiger partial charge is 0.464 e. The Bertz CT molecular complexity index is 6830. The number of nitrogens with one attached hydrogen (secondary N) is 6. The molecule has 8 heterocycles. The first-order valence-electron chi connectivity index (χ1n) is 44.1. The molecule has 0 unspecified atom stereocenters. The van der Waals surface area contributed by atoms with Gasteiger partial charge in [0.2, 0.25) is 35.3 Å². The van der Waals surface area contributed by atoms with Crippen LogP contribution in [0.5, 0.6) is 69.8 Å². The van der Waals surface area contributed by atoms with Crippen LogP contribution < -0.4 is 71.8 Å². The summed E-state index contributed by atoms with van der Waals surface area (Å²) in [4.78, 5) is 165. The Balaban J connectivity index is 0.000000199. The zero-order valence-corrected chi connectivity index (χ0v) is 83.6. The number of hydrogen-bond donors (Lipinski definition) is 9. The SMILES string of the molecule is CC(C)(C)OC(=O)Nc1ccc(Oc2cc(-c3ncno3)ncn2)cc1.CC(C)(C)OC(=O)Nc1ccc(Oc2cc(C(=O)NC=NO)ncn2)cc1.CC(C)(C)OC(=O)Nc1ccc(Oc2cc(C(N)=O)ncn2)cc1.CN(C)C=NC(=O)c1cc(Oc2ccc(NC(=O)OC(C)(C)C)cc2)ncn1.COC(=O)c1cc(Oc2ccc(NC(=O)OC(C)(C)C)cc2)ncn1.Nc1ccc(Oc2cc(-c3ncno3)ncn2)cc1. The van der Waals surface area contributed by atoms with Crippen LogP contribution in [0.3, 0.4) is 0 Å². The number of esters is 1. The first-order chi connectivity index (χ1) is 70.6. The smallest absolute Gasteiger partial charge is 0.412 e. The van der Waals surface area contributed by atoms with Crippen LogP contribution in [0, 0.1) is 0 Å². The molecule has 51 nitrogen and oxygen atoms in total. The number of rotatable bonds is 25. The van der Waals surface area contributed by atoms with Crippen molar-refractivity contribution in [1.82, 2.24) is 90.3 Å². The van der Waals surface area contributed by atoms with Gasteiger partial charge < -0.3 is 92.8 Å². The normalized spacial score (nSPS) is 10.9. The Labute approximate surface area is 851 Å². The lowest BCUT2D eigenvalue weighted by molar-refractivity contribution is 0.0588. The second kappa shape index (κ2) is 53.8. The fourth-order valence-electron chi connectivity index (χ4n) is 10.6. The number of carbonyl (C=O) groups excluding carboxylic acids is 9. The number of aliphatic imine (C=N–C) groups is 1. The van der Waals surface area contributed by atoms with E-state index in [0.717, 1.165) is 6.34 Å². The van der Waals surface area contributed by atoms with E-state index in [4.69, 9.17) is 77.8 Å². The highest BCUT2D eigenvalue weighted by Crippen LogP contribution is 2.31. The summed E-state index contributed by atoms with van der Waals surface area (Å²) in [5.74, 6) is 2.70. The second-order valence-electron chi connectivity index (χ2n) is 35.0. The van der Waals surface area contributed by atoms with Gasteiger partial charge in [-0.15, -0.1) is 0 Å². The molecule has 0 spiro atoms. The van der Waals surface area contributed by atoms with Crippen molar-refractivity contribution in [2.45, 2.75) is 132 Å². The summed E-state index contributed by atoms with van der Waals surface area (Å²) in [5, 5.41) is 33.3. The number of anilines is 6. The summed E-state index contributed by atoms with van der Waals surface area (Å²) in [5.41, 5.74) is 12.6. The van der Waals surface area contributed by atoms with Crippen LogP contribution in [0.2, 0.25) is 0 Å². The molecule has 0 aliphatic heterocycles. The molecular weight excluding hydrogens is 1940 g/mol. The van der Waals surface area contributed by atoms with E-state index >= 15 is 0 Å². The third-order valence-corrected chi connectivity index (χ3v) is 16.5. The molecule has 0 aliphatic carbocycles. The van der Waals surface area contributed by atoms with E-state index in [0.29, 0.717) is 97.7 Å². The van der Waals surface area contributed by atoms with E-state index in [2.05, 4.69) is 127 Å². The Hall–Kier alpha value is -19.9. The van der Waals surface area contributed by atoms with Gasteiger partial charge in [0.15, 0.2) is 18.3 Å². The van der Waals surface area contributed by atoms with Crippen molar-refractivity contribution in [1.29, 1.82) is 0 Å². The van der Waals surface area contributed by atoms with Crippen molar-refractivity contribution in [2.75, 3.05) is 53.5 Å². The predicted octanol–water partition coefficient (Wildman–Crippen LogP) is 17.8. The average Bonchev–Trinajstić information content (AvgIpc) is 1.75. The van der Waals surface area contributed by atoms with Crippen LogP contribution in [0.1, 0.15) is 146 Å². The number of nitrogens with zero attached hydrogens (tertiary/aromatic N) is 19. The highest BCUT2D eigenvalue weighted by atomic mass is 16.6. The molecule has 8 amide bonds. The molecule has 149 heavy (non-hydrogen) atoms. The van der Waals surface area contributed by atoms with Crippen LogP contribution in [0.4, 0.5) is 58.1 Å². The second-order valence-corrected chi connectivity index (χ2v) is 35.0. The Morgan fingerprint density at radius 2 is 0.604 bits per heavy atom. The highest BCUT2D eigenvalue weighted by Gasteiger charge is 2.24. The molecular formula is C98H105N27O24. The lowest BCUT2D eigenvalue weighted by Crippen LogP contribution is -2.27. The Morgan fingerprint density at radius 3 is 0.879 bits per heavy atom. The number of ether oxygens (including phenoxy) is 12. The van der Waals surface area contributed by atoms with Crippen molar-refractivity contribution in [3.05, 3.63) is 255 Å². The highest BCUT2D eigenvalue weighted by molar-refractivity contribution is 5.99. The van der Waals surface area contributed by atoms with Crippen molar-refractivity contribution < 1.29 is 114 Å². The predicted molar refractivity (Wildman–Crippen MR) is 536 cm³/mol. The van der Waals surface area contributed by atoms with Gasteiger partial charge in [-0.25, -0.2) is 88.6 Å². The van der Waals surface area contributed by atoms with Crippen LogP contribution in [-0.2, 0) is 28.4 Å². The quantitative estimate of drug-likeness (QED) is 0.00488. The molecule has 51 heteroatoms. The molecule has 14 rings (SSSR count). The number of oxime groups is 1. The summed E-state index contributed by atoms with van der Waals surface area (Å²) in [6.45, 7) is 26.8. The summed E-state index contributed by atoms with van der Waals surface area (Å²) < 4.78 is 73.8. The molecule has 776 valence electrons. The Morgan fingerprint density at radius 1 is 0.342 bits per heavy atom. The maximum atomic E-state index is 12.0. The number of carbonyl (C=O) groups is 9. The van der Waals surface area contributed by atoms with Crippen molar-refractivity contribution in [3.63, 3.8) is 0 Å². The molecule has 0 fully saturated rings. The molecule has 0 atom stereocenters. The number of primary amides is 1. The Kier molecular flexibility index (Phi) is 40.7. The van der Waals surface area contributed by atoms with Crippen LogP contribution >= 0.6 is 0 Å². The van der Waals surface area contributed by atoms with Gasteiger partial charge in [-0.05, 0) is 249 Å². The maximum absolute atomic E-state index is 12.0.